The zero-order valence-corrected chi connectivity index (χ0v) is 19.4. The summed E-state index contributed by atoms with van der Waals surface area (Å²) in [6, 6.07) is 0.453. The Balaban J connectivity index is 2.12. The van der Waals surface area contributed by atoms with Gasteiger partial charge in [-0.1, -0.05) is 13.8 Å². The lowest BCUT2D eigenvalue weighted by Gasteiger charge is -2.22. The highest BCUT2D eigenvalue weighted by Gasteiger charge is 2.31. The van der Waals surface area contributed by atoms with Crippen LogP contribution in [0.4, 0.5) is 0 Å². The molecule has 9 nitrogen and oxygen atoms in total. The van der Waals surface area contributed by atoms with Gasteiger partial charge in [0, 0.05) is 19.0 Å². The van der Waals surface area contributed by atoms with Gasteiger partial charge in [0.1, 0.15) is 17.8 Å². The fraction of sp³-hybridized carbons (Fsp3) is 0.650. The van der Waals surface area contributed by atoms with E-state index in [0.717, 1.165) is 0 Å². The van der Waals surface area contributed by atoms with E-state index in [1.807, 2.05) is 20.8 Å². The number of nitrogens with zero attached hydrogens (tertiary/aromatic N) is 3. The summed E-state index contributed by atoms with van der Waals surface area (Å²) in [5.74, 6) is -1.08. The minimum atomic E-state index is -0.807. The number of aromatic nitrogens is 2. The van der Waals surface area contributed by atoms with Crippen molar-refractivity contribution < 1.29 is 14.4 Å². The Morgan fingerprint density at radius 1 is 1.40 bits per heavy atom. The lowest BCUT2D eigenvalue weighted by Crippen LogP contribution is -2.50. The minimum absolute atomic E-state index is 0.0930. The Labute approximate surface area is 185 Å². The van der Waals surface area contributed by atoms with Crippen molar-refractivity contribution in [1.82, 2.24) is 25.7 Å². The molecule has 0 saturated carbocycles. The van der Waals surface area contributed by atoms with Crippen molar-refractivity contribution in [3.8, 4) is 6.07 Å². The smallest absolute Gasteiger partial charge is 0.271 e. The van der Waals surface area contributed by atoms with Crippen LogP contribution in [0.25, 0.3) is 0 Å². The van der Waals surface area contributed by atoms with Crippen LogP contribution in [0.5, 0.6) is 0 Å². The van der Waals surface area contributed by atoms with Crippen LogP contribution in [0.2, 0.25) is 0 Å². The molecular formula is C20H29BrN6O3. The minimum Gasteiger partial charge on any atom is -0.356 e. The van der Waals surface area contributed by atoms with E-state index in [9.17, 15) is 19.6 Å². The lowest BCUT2D eigenvalue weighted by atomic mass is 9.98. The standard InChI is InChI=1S/C20H29BrN6O3/c1-5-27-17(16(21)12(4)26-27)20(30)25-15(8-11(2)3)19(29)24-14(10-22)9-13-6-7-23-18(13)28/h11,13-15H,5-9H2,1-4H3,(H,23,28)(H,24,29)(H,25,30)/t13-,14-,15-/m0/s1. The number of carbonyl (C=O) groups is 3. The van der Waals surface area contributed by atoms with Gasteiger partial charge in [-0.05, 0) is 55.0 Å². The van der Waals surface area contributed by atoms with Crippen LogP contribution in [0.1, 0.15) is 56.2 Å². The van der Waals surface area contributed by atoms with E-state index >= 15 is 0 Å². The van der Waals surface area contributed by atoms with E-state index in [1.54, 1.807) is 11.6 Å². The molecule has 1 fully saturated rings. The van der Waals surface area contributed by atoms with Gasteiger partial charge in [0.2, 0.25) is 11.8 Å². The van der Waals surface area contributed by atoms with Gasteiger partial charge in [-0.2, -0.15) is 10.4 Å². The van der Waals surface area contributed by atoms with E-state index in [0.29, 0.717) is 41.8 Å². The number of aryl methyl sites for hydroxylation is 2. The largest absolute Gasteiger partial charge is 0.356 e. The van der Waals surface area contributed by atoms with Crippen molar-refractivity contribution in [3.63, 3.8) is 0 Å². The molecule has 0 spiro atoms. The highest BCUT2D eigenvalue weighted by molar-refractivity contribution is 9.10. The molecule has 2 rings (SSSR count). The third kappa shape index (κ3) is 5.81. The fourth-order valence-electron chi connectivity index (χ4n) is 3.51. The van der Waals surface area contributed by atoms with Crippen LogP contribution in [0.15, 0.2) is 4.47 Å². The average molecular weight is 481 g/mol. The molecule has 1 aliphatic rings. The predicted molar refractivity (Wildman–Crippen MR) is 114 cm³/mol. The summed E-state index contributed by atoms with van der Waals surface area (Å²) in [7, 11) is 0. The van der Waals surface area contributed by atoms with Gasteiger partial charge in [-0.25, -0.2) is 0 Å². The van der Waals surface area contributed by atoms with Gasteiger partial charge in [0.05, 0.1) is 16.2 Å². The van der Waals surface area contributed by atoms with Gasteiger partial charge >= 0.3 is 0 Å². The highest BCUT2D eigenvalue weighted by Crippen LogP contribution is 2.21. The lowest BCUT2D eigenvalue weighted by molar-refractivity contribution is -0.125. The van der Waals surface area contributed by atoms with Gasteiger partial charge < -0.3 is 16.0 Å². The third-order valence-electron chi connectivity index (χ3n) is 5.05. The molecule has 3 amide bonds. The Hall–Kier alpha value is -2.41. The first-order chi connectivity index (χ1) is 14.2. The van der Waals surface area contributed by atoms with E-state index in [2.05, 4.69) is 43.0 Å². The summed E-state index contributed by atoms with van der Waals surface area (Å²) >= 11 is 3.40. The first-order valence-corrected chi connectivity index (χ1v) is 11.0. The molecule has 0 bridgehead atoms. The molecule has 3 N–H and O–H groups in total. The van der Waals surface area contributed by atoms with Crippen molar-refractivity contribution in [3.05, 3.63) is 15.9 Å². The fourth-order valence-corrected chi connectivity index (χ4v) is 3.97. The van der Waals surface area contributed by atoms with Crippen LogP contribution in [0, 0.1) is 30.1 Å². The van der Waals surface area contributed by atoms with Crippen molar-refractivity contribution >= 4 is 33.7 Å². The molecule has 0 radical (unpaired) electrons. The summed E-state index contributed by atoms with van der Waals surface area (Å²) in [6.45, 7) is 8.67. The Morgan fingerprint density at radius 2 is 2.10 bits per heavy atom. The Kier molecular flexibility index (Phi) is 8.41. The number of amides is 3. The molecular weight excluding hydrogens is 452 g/mol. The summed E-state index contributed by atoms with van der Waals surface area (Å²) in [5, 5.41) is 22.0. The molecule has 0 aliphatic carbocycles. The maximum absolute atomic E-state index is 12.9. The predicted octanol–water partition coefficient (Wildman–Crippen LogP) is 1.65. The molecule has 30 heavy (non-hydrogen) atoms. The summed E-state index contributed by atoms with van der Waals surface area (Å²) < 4.78 is 2.17. The van der Waals surface area contributed by atoms with E-state index in [1.165, 1.54) is 0 Å². The van der Waals surface area contributed by atoms with Crippen molar-refractivity contribution in [2.75, 3.05) is 6.54 Å². The van der Waals surface area contributed by atoms with Crippen molar-refractivity contribution in [2.45, 2.75) is 65.6 Å². The zero-order valence-electron chi connectivity index (χ0n) is 17.8. The number of hydrogen-bond donors (Lipinski definition) is 3. The van der Waals surface area contributed by atoms with Gasteiger partial charge in [0.25, 0.3) is 5.91 Å². The monoisotopic (exact) mass is 480 g/mol. The number of halogens is 1. The second-order valence-electron chi connectivity index (χ2n) is 7.92. The molecule has 0 unspecified atom stereocenters. The number of hydrogen-bond acceptors (Lipinski definition) is 5. The highest BCUT2D eigenvalue weighted by atomic mass is 79.9. The average Bonchev–Trinajstić information content (AvgIpc) is 3.22. The quantitative estimate of drug-likeness (QED) is 0.494. The molecule has 1 aliphatic heterocycles. The summed E-state index contributed by atoms with van der Waals surface area (Å²) in [5.41, 5.74) is 1.04. The molecule has 2 heterocycles. The van der Waals surface area contributed by atoms with E-state index in [4.69, 9.17) is 0 Å². The molecule has 10 heteroatoms. The topological polar surface area (TPSA) is 129 Å². The molecule has 1 saturated heterocycles. The zero-order chi connectivity index (χ0) is 22.4. The van der Waals surface area contributed by atoms with Crippen LogP contribution < -0.4 is 16.0 Å². The normalized spacial score (nSPS) is 17.9. The molecule has 1 aromatic heterocycles. The van der Waals surface area contributed by atoms with Crippen molar-refractivity contribution in [2.24, 2.45) is 11.8 Å². The SMILES string of the molecule is CCn1nc(C)c(Br)c1C(=O)N[C@@H](CC(C)C)C(=O)N[C@H](C#N)C[C@@H]1CCNC1=O. The number of rotatable bonds is 9. The second-order valence-corrected chi connectivity index (χ2v) is 8.71. The van der Waals surface area contributed by atoms with Crippen LogP contribution >= 0.6 is 15.9 Å². The maximum atomic E-state index is 12.9. The van der Waals surface area contributed by atoms with Gasteiger partial charge in [-0.3, -0.25) is 19.1 Å². The van der Waals surface area contributed by atoms with Crippen molar-refractivity contribution in [1.29, 1.82) is 5.26 Å². The maximum Gasteiger partial charge on any atom is 0.271 e. The van der Waals surface area contributed by atoms with Gasteiger partial charge in [0.15, 0.2) is 0 Å². The summed E-state index contributed by atoms with van der Waals surface area (Å²) in [6.07, 6.45) is 1.31. The molecule has 3 atom stereocenters. The number of nitrogens with one attached hydrogen (secondary N) is 3. The van der Waals surface area contributed by atoms with E-state index < -0.39 is 23.9 Å². The number of carbonyl (C=O) groups excluding carboxylic acids is 3. The first kappa shape index (κ1) is 23.9. The molecule has 0 aromatic carbocycles. The van der Waals surface area contributed by atoms with Crippen LogP contribution in [-0.2, 0) is 16.1 Å². The first-order valence-electron chi connectivity index (χ1n) is 10.2. The molecule has 1 aromatic rings. The Morgan fingerprint density at radius 3 is 2.63 bits per heavy atom. The van der Waals surface area contributed by atoms with Crippen LogP contribution in [-0.4, -0.2) is 46.1 Å². The van der Waals surface area contributed by atoms with Gasteiger partial charge in [-0.15, -0.1) is 0 Å². The Bertz CT molecular complexity index is 844. The van der Waals surface area contributed by atoms with E-state index in [-0.39, 0.29) is 24.2 Å². The molecule has 164 valence electrons. The number of nitriles is 1. The third-order valence-corrected chi connectivity index (χ3v) is 6.00. The second kappa shape index (κ2) is 10.6. The summed E-state index contributed by atoms with van der Waals surface area (Å²) in [4.78, 5) is 37.6. The van der Waals surface area contributed by atoms with Crippen LogP contribution in [0.3, 0.4) is 0 Å².